The first-order valence-corrected chi connectivity index (χ1v) is 6.97. The van der Waals surface area contributed by atoms with Gasteiger partial charge in [0.2, 0.25) is 0 Å². The maximum Gasteiger partial charge on any atom is 0 e. The van der Waals surface area contributed by atoms with Crippen molar-refractivity contribution in [3.8, 4) is 11.1 Å². The van der Waals surface area contributed by atoms with Crippen LogP contribution in [0, 0.1) is 6.92 Å². The Kier molecular flexibility index (Phi) is 3.87. The van der Waals surface area contributed by atoms with E-state index in [0.29, 0.717) is 0 Å². The van der Waals surface area contributed by atoms with Gasteiger partial charge in [0.15, 0.2) is 0 Å². The van der Waals surface area contributed by atoms with Crippen molar-refractivity contribution >= 4 is 21.5 Å². The first-order chi connectivity index (χ1) is 9.83. The molecule has 0 aliphatic heterocycles. The van der Waals surface area contributed by atoms with Crippen molar-refractivity contribution in [2.75, 3.05) is 0 Å². The van der Waals surface area contributed by atoms with Gasteiger partial charge in [0.1, 0.15) is 0 Å². The summed E-state index contributed by atoms with van der Waals surface area (Å²) in [5.41, 5.74) is 3.97. The Morgan fingerprint density at radius 3 is 2.24 bits per heavy atom. The van der Waals surface area contributed by atoms with Gasteiger partial charge in [-0.1, -0.05) is 61.0 Å². The van der Waals surface area contributed by atoms with E-state index in [1.807, 2.05) is 0 Å². The maximum absolute atomic E-state index is 2.28. The van der Waals surface area contributed by atoms with Crippen LogP contribution in [0.3, 0.4) is 0 Å². The fourth-order valence-electron chi connectivity index (χ4n) is 3.08. The smallest absolute Gasteiger partial charge is 0 e. The second-order valence-electron chi connectivity index (χ2n) is 5.37. The Morgan fingerprint density at radius 1 is 0.714 bits per heavy atom. The molecule has 0 aliphatic carbocycles. The van der Waals surface area contributed by atoms with E-state index < -0.39 is 0 Å². The molecule has 0 saturated heterocycles. The van der Waals surface area contributed by atoms with E-state index in [4.69, 9.17) is 0 Å². The van der Waals surface area contributed by atoms with Gasteiger partial charge in [-0.2, -0.15) is 6.07 Å². The van der Waals surface area contributed by atoms with E-state index >= 15 is 0 Å². The summed E-state index contributed by atoms with van der Waals surface area (Å²) in [7, 11) is 0. The monoisotopic (exact) mass is 345 g/mol. The van der Waals surface area contributed by atoms with Gasteiger partial charge in [-0.15, -0.1) is 34.5 Å². The topological polar surface area (TPSA) is 0 Å². The Morgan fingerprint density at radius 2 is 1.38 bits per heavy atom. The molecule has 0 atom stereocenters. The molecule has 0 N–H and O–H groups in total. The molecule has 1 heteroatoms. The molecule has 21 heavy (non-hydrogen) atoms. The van der Waals surface area contributed by atoms with Gasteiger partial charge in [-0.25, -0.2) is 0 Å². The fourth-order valence-corrected chi connectivity index (χ4v) is 3.08. The van der Waals surface area contributed by atoms with Crippen LogP contribution in [-0.2, 0) is 26.2 Å². The van der Waals surface area contributed by atoms with Gasteiger partial charge >= 0.3 is 0 Å². The molecule has 0 amide bonds. The summed E-state index contributed by atoms with van der Waals surface area (Å²) in [6.07, 6.45) is 0. The minimum atomic E-state index is 0. The van der Waals surface area contributed by atoms with Crippen molar-refractivity contribution < 1.29 is 26.2 Å². The number of hydrogen-bond donors (Lipinski definition) is 0. The van der Waals surface area contributed by atoms with E-state index in [-0.39, 0.29) is 26.2 Å². The van der Waals surface area contributed by atoms with Gasteiger partial charge in [-0.3, -0.25) is 0 Å². The van der Waals surface area contributed by atoms with Gasteiger partial charge in [-0.05, 0) is 16.3 Å². The van der Waals surface area contributed by atoms with E-state index in [1.165, 1.54) is 38.2 Å². The molecule has 0 unspecified atom stereocenters. The van der Waals surface area contributed by atoms with Crippen LogP contribution >= 0.6 is 0 Å². The normalized spacial score (nSPS) is 10.7. The van der Waals surface area contributed by atoms with Crippen molar-refractivity contribution in [1.29, 1.82) is 0 Å². The van der Waals surface area contributed by atoms with Crippen molar-refractivity contribution in [3.63, 3.8) is 0 Å². The molecule has 100 valence electrons. The van der Waals surface area contributed by atoms with E-state index in [0.717, 1.165) is 0 Å². The standard InChI is InChI=1S/C20H15.Zr/c1-14-12-16-8-5-11-19(20(16)13-14)18-10-4-7-15-6-2-3-9-17(15)18;/h2-13H,1H3;/q-1;. The van der Waals surface area contributed by atoms with Crippen LogP contribution in [0.2, 0.25) is 0 Å². The Balaban J connectivity index is 0.00000132. The molecule has 0 heterocycles. The second-order valence-corrected chi connectivity index (χ2v) is 5.37. The third-order valence-electron chi connectivity index (χ3n) is 3.97. The number of rotatable bonds is 1. The average molecular weight is 347 g/mol. The molecular formula is C20H15Zr-. The molecule has 0 fully saturated rings. The SMILES string of the molecule is Cc1cc2c(-c3cccc4ccccc34)cccc2[cH-]1.[Zr]. The summed E-state index contributed by atoms with van der Waals surface area (Å²) < 4.78 is 0. The van der Waals surface area contributed by atoms with Gasteiger partial charge in [0, 0.05) is 26.2 Å². The Bertz CT molecular complexity index is 910. The summed E-state index contributed by atoms with van der Waals surface area (Å²) in [5.74, 6) is 0. The van der Waals surface area contributed by atoms with Crippen molar-refractivity contribution in [1.82, 2.24) is 0 Å². The number of fused-ring (bicyclic) bond motifs is 2. The van der Waals surface area contributed by atoms with Crippen molar-refractivity contribution in [3.05, 3.63) is 78.4 Å². The predicted octanol–water partition coefficient (Wildman–Crippen LogP) is 5.68. The van der Waals surface area contributed by atoms with Crippen LogP contribution < -0.4 is 0 Å². The maximum atomic E-state index is 2.28. The van der Waals surface area contributed by atoms with Crippen molar-refractivity contribution in [2.45, 2.75) is 6.92 Å². The van der Waals surface area contributed by atoms with Crippen LogP contribution in [0.4, 0.5) is 0 Å². The molecule has 4 aromatic rings. The first kappa shape index (κ1) is 14.4. The zero-order valence-corrected chi connectivity index (χ0v) is 14.4. The summed E-state index contributed by atoms with van der Waals surface area (Å²) >= 11 is 0. The molecule has 0 saturated carbocycles. The zero-order chi connectivity index (χ0) is 13.5. The number of benzene rings is 3. The van der Waals surface area contributed by atoms with Crippen LogP contribution in [0.5, 0.6) is 0 Å². The molecule has 0 radical (unpaired) electrons. The predicted molar refractivity (Wildman–Crippen MR) is 87.2 cm³/mol. The van der Waals surface area contributed by atoms with E-state index in [2.05, 4.69) is 79.7 Å². The van der Waals surface area contributed by atoms with Crippen molar-refractivity contribution in [2.24, 2.45) is 0 Å². The molecule has 0 aromatic heterocycles. The molecule has 4 aromatic carbocycles. The second kappa shape index (κ2) is 5.66. The van der Waals surface area contributed by atoms with Crippen LogP contribution in [0.1, 0.15) is 5.56 Å². The Hall–Kier alpha value is -1.59. The minimum absolute atomic E-state index is 0. The first-order valence-electron chi connectivity index (χ1n) is 6.97. The van der Waals surface area contributed by atoms with Crippen LogP contribution in [0.25, 0.3) is 32.7 Å². The number of hydrogen-bond acceptors (Lipinski definition) is 0. The van der Waals surface area contributed by atoms with E-state index in [9.17, 15) is 0 Å². The summed E-state index contributed by atoms with van der Waals surface area (Å²) in [6.45, 7) is 2.16. The molecule has 0 nitrogen and oxygen atoms in total. The van der Waals surface area contributed by atoms with Gasteiger partial charge < -0.3 is 0 Å². The Labute approximate surface area is 143 Å². The molecule has 4 rings (SSSR count). The quantitative estimate of drug-likeness (QED) is 0.389. The summed E-state index contributed by atoms with van der Waals surface area (Å²) in [6, 6.07) is 26.2. The van der Waals surface area contributed by atoms with Crippen LogP contribution in [-0.4, -0.2) is 0 Å². The molecule has 0 bridgehead atoms. The fraction of sp³-hybridized carbons (Fsp3) is 0.0500. The molecule has 0 spiro atoms. The number of aryl methyl sites for hydroxylation is 1. The minimum Gasteiger partial charge on any atom is -0.165 e. The van der Waals surface area contributed by atoms with E-state index in [1.54, 1.807) is 0 Å². The van der Waals surface area contributed by atoms with Gasteiger partial charge in [0.05, 0.1) is 0 Å². The summed E-state index contributed by atoms with van der Waals surface area (Å²) in [5, 5.41) is 5.29. The third-order valence-corrected chi connectivity index (χ3v) is 3.97. The summed E-state index contributed by atoms with van der Waals surface area (Å²) in [4.78, 5) is 0. The molecule has 0 aliphatic rings. The third kappa shape index (κ3) is 2.41. The average Bonchev–Trinajstić information content (AvgIpc) is 2.87. The van der Waals surface area contributed by atoms with Gasteiger partial charge in [0.25, 0.3) is 0 Å². The molecular weight excluding hydrogens is 331 g/mol. The zero-order valence-electron chi connectivity index (χ0n) is 11.9. The largest absolute Gasteiger partial charge is 0.165 e. The van der Waals surface area contributed by atoms with Crippen LogP contribution in [0.15, 0.2) is 72.8 Å².